The van der Waals surface area contributed by atoms with Gasteiger partial charge in [-0.3, -0.25) is 4.79 Å². The van der Waals surface area contributed by atoms with Gasteiger partial charge in [-0.2, -0.15) is 0 Å². The van der Waals surface area contributed by atoms with Crippen LogP contribution in [0.2, 0.25) is 0 Å². The van der Waals surface area contributed by atoms with Gasteiger partial charge in [-0.05, 0) is 74.6 Å². The van der Waals surface area contributed by atoms with Gasteiger partial charge in [-0.15, -0.1) is 46.2 Å². The second-order valence-corrected chi connectivity index (χ2v) is 12.9. The van der Waals surface area contributed by atoms with Crippen molar-refractivity contribution in [2.75, 3.05) is 0 Å². The van der Waals surface area contributed by atoms with Crippen LogP contribution < -0.4 is 0 Å². The summed E-state index contributed by atoms with van der Waals surface area (Å²) >= 11 is 1.85. The number of aliphatic hydroxyl groups excluding tert-OH is 1. The number of thiophene rings is 1. The zero-order valence-electron chi connectivity index (χ0n) is 27.6. The maximum atomic E-state index is 11.9. The Hall–Kier alpha value is -2.59. The zero-order chi connectivity index (χ0) is 31.2. The van der Waals surface area contributed by atoms with Gasteiger partial charge in [-0.1, -0.05) is 72.2 Å². The van der Waals surface area contributed by atoms with Crippen molar-refractivity contribution in [3.8, 4) is 21.7 Å². The molecular weight excluding hydrogens is 727 g/mol. The molecule has 0 aliphatic rings. The number of fused-ring (bicyclic) bond motifs is 1. The predicted octanol–water partition coefficient (Wildman–Crippen LogP) is 11.2. The van der Waals surface area contributed by atoms with E-state index in [1.54, 1.807) is 0 Å². The molecule has 2 aromatic heterocycles. The Morgan fingerprint density at radius 3 is 2.19 bits per heavy atom. The fourth-order valence-electron chi connectivity index (χ4n) is 5.42. The standard InChI is InChI=1S/C24H22NS.C14H26O2.Ir/c1-14-6-7-20(17(4)11-14)23-18(5)21-8-9-25-22(24(21)26-23)19-12-15(2)10-16(3)13-19;1-6-11(7-2)12(15)10-13(16)14(5,8-3)9-4;/h6-12H,1-5H3;10-11,16H,6-9H2,1-5H3;/q-1;;/b;13-10-;. The third-order valence-corrected chi connectivity index (χ3v) is 10.1. The molecule has 1 N–H and O–H groups in total. The van der Waals surface area contributed by atoms with E-state index in [4.69, 9.17) is 4.98 Å². The molecule has 0 amide bonds. The number of aliphatic hydroxyl groups is 1. The number of hydrogen-bond donors (Lipinski definition) is 1. The smallest absolute Gasteiger partial charge is 0.162 e. The van der Waals surface area contributed by atoms with Crippen molar-refractivity contribution in [2.24, 2.45) is 11.3 Å². The molecular formula is C38H48IrNO2S-. The van der Waals surface area contributed by atoms with Crippen molar-refractivity contribution >= 4 is 27.2 Å². The molecule has 43 heavy (non-hydrogen) atoms. The summed E-state index contributed by atoms with van der Waals surface area (Å²) in [4.78, 5) is 17.9. The maximum Gasteiger partial charge on any atom is 0.162 e. The van der Waals surface area contributed by atoms with E-state index in [-0.39, 0.29) is 43.0 Å². The van der Waals surface area contributed by atoms with Crippen LogP contribution in [0.3, 0.4) is 0 Å². The predicted molar refractivity (Wildman–Crippen MR) is 181 cm³/mol. The van der Waals surface area contributed by atoms with E-state index in [9.17, 15) is 9.90 Å². The van der Waals surface area contributed by atoms with E-state index in [1.165, 1.54) is 48.9 Å². The molecule has 5 heteroatoms. The monoisotopic (exact) mass is 775 g/mol. The van der Waals surface area contributed by atoms with Crippen LogP contribution in [0.25, 0.3) is 31.8 Å². The van der Waals surface area contributed by atoms with Gasteiger partial charge in [0, 0.05) is 59.0 Å². The number of ketones is 1. The number of hydrogen-bond acceptors (Lipinski definition) is 4. The molecule has 0 atom stereocenters. The number of aryl methyl sites for hydroxylation is 5. The maximum absolute atomic E-state index is 11.9. The van der Waals surface area contributed by atoms with E-state index in [0.717, 1.165) is 42.5 Å². The van der Waals surface area contributed by atoms with Gasteiger partial charge in [0.1, 0.15) is 5.76 Å². The fourth-order valence-corrected chi connectivity index (χ4v) is 6.81. The first kappa shape index (κ1) is 36.6. The van der Waals surface area contributed by atoms with Gasteiger partial charge in [0.05, 0.1) is 0 Å². The molecule has 0 aliphatic carbocycles. The van der Waals surface area contributed by atoms with Crippen LogP contribution in [0.4, 0.5) is 0 Å². The number of allylic oxidation sites excluding steroid dienone is 2. The average molecular weight is 775 g/mol. The Kier molecular flexibility index (Phi) is 13.6. The number of rotatable bonds is 9. The van der Waals surface area contributed by atoms with Crippen LogP contribution in [-0.2, 0) is 24.9 Å². The molecule has 0 spiro atoms. The minimum atomic E-state index is -0.248. The molecule has 3 nitrogen and oxygen atoms in total. The summed E-state index contributed by atoms with van der Waals surface area (Å²) in [5.74, 6) is 0.366. The van der Waals surface area contributed by atoms with E-state index >= 15 is 0 Å². The molecule has 233 valence electrons. The molecule has 2 heterocycles. The molecule has 0 aliphatic heterocycles. The van der Waals surface area contributed by atoms with Gasteiger partial charge in [0.15, 0.2) is 5.78 Å². The van der Waals surface area contributed by atoms with Gasteiger partial charge in [-0.25, -0.2) is 0 Å². The summed E-state index contributed by atoms with van der Waals surface area (Å²) in [5.41, 5.74) is 9.57. The van der Waals surface area contributed by atoms with Gasteiger partial charge >= 0.3 is 0 Å². The molecule has 0 bridgehead atoms. The van der Waals surface area contributed by atoms with Crippen LogP contribution in [0.1, 0.15) is 88.1 Å². The van der Waals surface area contributed by atoms with Gasteiger partial charge in [0.25, 0.3) is 0 Å². The largest absolute Gasteiger partial charge is 0.512 e. The number of carbonyl (C=O) groups excluding carboxylic acids is 1. The van der Waals surface area contributed by atoms with Gasteiger partial charge < -0.3 is 10.1 Å². The summed E-state index contributed by atoms with van der Waals surface area (Å²) < 4.78 is 1.25. The number of pyridine rings is 1. The average Bonchev–Trinajstić information content (AvgIpc) is 3.29. The molecule has 0 saturated heterocycles. The van der Waals surface area contributed by atoms with Crippen molar-refractivity contribution in [3.63, 3.8) is 0 Å². The minimum Gasteiger partial charge on any atom is -0.512 e. The van der Waals surface area contributed by atoms with Crippen LogP contribution >= 0.6 is 11.3 Å². The van der Waals surface area contributed by atoms with Crippen LogP contribution in [0.15, 0.2) is 54.4 Å². The summed E-state index contributed by atoms with van der Waals surface area (Å²) in [5, 5.41) is 11.3. The third-order valence-electron chi connectivity index (χ3n) is 8.73. The normalized spacial score (nSPS) is 11.7. The van der Waals surface area contributed by atoms with E-state index in [0.29, 0.717) is 0 Å². The molecule has 0 unspecified atom stereocenters. The van der Waals surface area contributed by atoms with Crippen molar-refractivity contribution < 1.29 is 30.0 Å². The summed E-state index contributed by atoms with van der Waals surface area (Å²) in [6, 6.07) is 16.7. The third kappa shape index (κ3) is 8.53. The van der Waals surface area contributed by atoms with E-state index < -0.39 is 0 Å². The molecule has 0 fully saturated rings. The first-order valence-electron chi connectivity index (χ1n) is 15.3. The Bertz CT molecular complexity index is 1550. The molecule has 0 saturated carbocycles. The van der Waals surface area contributed by atoms with Crippen LogP contribution in [0, 0.1) is 52.0 Å². The van der Waals surface area contributed by atoms with E-state index in [2.05, 4.69) is 77.1 Å². The van der Waals surface area contributed by atoms with Crippen molar-refractivity contribution in [1.29, 1.82) is 0 Å². The quantitative estimate of drug-likeness (QED) is 0.105. The topological polar surface area (TPSA) is 50.2 Å². The number of aromatic nitrogens is 1. The van der Waals surface area contributed by atoms with Crippen LogP contribution in [0.5, 0.6) is 0 Å². The summed E-state index contributed by atoms with van der Waals surface area (Å²) in [6.45, 7) is 20.9. The number of carbonyl (C=O) groups is 1. The van der Waals surface area contributed by atoms with Gasteiger partial charge in [0.2, 0.25) is 0 Å². The zero-order valence-corrected chi connectivity index (χ0v) is 30.8. The Labute approximate surface area is 277 Å². The van der Waals surface area contributed by atoms with Crippen molar-refractivity contribution in [2.45, 2.75) is 94.9 Å². The summed E-state index contributed by atoms with van der Waals surface area (Å²) in [6.07, 6.45) is 6.76. The molecule has 1 radical (unpaired) electrons. The minimum absolute atomic E-state index is 0. The SMILES string of the molecule is CCC(CC)C(=O)/C=C(\O)C(C)(CC)CC.Cc1[c-]c(-c2nccc3c(C)c(-c4ccc(C)cc4C)sc23)cc(C)c1.[Ir]. The number of nitrogens with zero attached hydrogens (tertiary/aromatic N) is 1. The Morgan fingerprint density at radius 2 is 1.63 bits per heavy atom. The fraction of sp³-hybridized carbons (Fsp3) is 0.421. The summed E-state index contributed by atoms with van der Waals surface area (Å²) in [7, 11) is 0. The number of benzene rings is 2. The van der Waals surface area contributed by atoms with E-state index in [1.807, 2.05) is 52.2 Å². The van der Waals surface area contributed by atoms with Crippen molar-refractivity contribution in [3.05, 3.63) is 88.3 Å². The Balaban J connectivity index is 0.000000332. The van der Waals surface area contributed by atoms with Crippen LogP contribution in [-0.4, -0.2) is 15.9 Å². The molecule has 4 rings (SSSR count). The Morgan fingerprint density at radius 1 is 0.977 bits per heavy atom. The second-order valence-electron chi connectivity index (χ2n) is 11.9. The second kappa shape index (κ2) is 15.9. The molecule has 2 aromatic carbocycles. The molecule has 4 aromatic rings. The first-order chi connectivity index (χ1) is 19.9. The first-order valence-corrected chi connectivity index (χ1v) is 16.1. The van der Waals surface area contributed by atoms with Crippen molar-refractivity contribution in [1.82, 2.24) is 4.98 Å².